The van der Waals surface area contributed by atoms with E-state index < -0.39 is 17.8 Å². The lowest BCUT2D eigenvalue weighted by Gasteiger charge is -2.25. The predicted molar refractivity (Wildman–Crippen MR) is 103 cm³/mol. The summed E-state index contributed by atoms with van der Waals surface area (Å²) in [5.74, 6) is -1.63. The summed E-state index contributed by atoms with van der Waals surface area (Å²) >= 11 is 0. The first-order valence-corrected chi connectivity index (χ1v) is 9.22. The lowest BCUT2D eigenvalue weighted by Crippen LogP contribution is -2.47. The van der Waals surface area contributed by atoms with Gasteiger partial charge in [-0.1, -0.05) is 17.7 Å². The van der Waals surface area contributed by atoms with E-state index in [1.54, 1.807) is 12.1 Å². The molecule has 4 rings (SSSR count). The number of amides is 3. The van der Waals surface area contributed by atoms with Gasteiger partial charge in [0.15, 0.2) is 0 Å². The van der Waals surface area contributed by atoms with Crippen LogP contribution in [-0.2, 0) is 9.59 Å². The maximum absolute atomic E-state index is 13.9. The lowest BCUT2D eigenvalue weighted by atomic mass is 10.1. The number of rotatable bonds is 3. The maximum atomic E-state index is 13.9. The number of benzene rings is 2. The second-order valence-corrected chi connectivity index (χ2v) is 7.16. The Kier molecular flexibility index (Phi) is 4.58. The van der Waals surface area contributed by atoms with Gasteiger partial charge in [0.2, 0.25) is 11.8 Å². The second-order valence-electron chi connectivity index (χ2n) is 7.16. The molecule has 0 bridgehead atoms. The van der Waals surface area contributed by atoms with E-state index in [0.717, 1.165) is 18.1 Å². The number of nitrogens with one attached hydrogen (secondary N) is 1. The van der Waals surface area contributed by atoms with Crippen LogP contribution in [-0.4, -0.2) is 41.8 Å². The summed E-state index contributed by atoms with van der Waals surface area (Å²) in [4.78, 5) is 41.3. The van der Waals surface area contributed by atoms with Crippen LogP contribution in [0, 0.1) is 12.7 Å². The first-order chi connectivity index (χ1) is 13.4. The molecule has 6 nitrogen and oxygen atoms in total. The summed E-state index contributed by atoms with van der Waals surface area (Å²) in [5.41, 5.74) is 2.05. The van der Waals surface area contributed by atoms with E-state index >= 15 is 0 Å². The molecular weight excluding hydrogens is 361 g/mol. The number of anilines is 2. The molecule has 3 amide bonds. The number of nitrogens with zero attached hydrogens (tertiary/aromatic N) is 2. The Labute approximate surface area is 161 Å². The summed E-state index contributed by atoms with van der Waals surface area (Å²) in [6.07, 6.45) is 1.26. The van der Waals surface area contributed by atoms with Crippen LogP contribution in [0.1, 0.15) is 28.8 Å². The number of hydrogen-bond acceptors (Lipinski definition) is 3. The third kappa shape index (κ3) is 3.24. The SMILES string of the molecule is Cc1ccc(NC(=O)CN2C(=O)[C@@H]3CCCN3C(=O)c3ccc(F)cc32)cc1. The molecule has 28 heavy (non-hydrogen) atoms. The largest absolute Gasteiger partial charge is 0.327 e. The number of carbonyl (C=O) groups is 3. The molecule has 0 spiro atoms. The molecule has 1 saturated heterocycles. The van der Waals surface area contributed by atoms with Crippen molar-refractivity contribution in [2.75, 3.05) is 23.3 Å². The van der Waals surface area contributed by atoms with Crippen LogP contribution in [0.4, 0.5) is 15.8 Å². The highest BCUT2D eigenvalue weighted by Gasteiger charge is 2.42. The molecule has 0 unspecified atom stereocenters. The van der Waals surface area contributed by atoms with Crippen molar-refractivity contribution < 1.29 is 18.8 Å². The molecule has 2 aromatic rings. The first kappa shape index (κ1) is 18.2. The average molecular weight is 381 g/mol. The Morgan fingerprint density at radius 1 is 1.18 bits per heavy atom. The first-order valence-electron chi connectivity index (χ1n) is 9.22. The van der Waals surface area contributed by atoms with Gasteiger partial charge in [0.1, 0.15) is 18.4 Å². The molecule has 0 radical (unpaired) electrons. The number of fused-ring (bicyclic) bond motifs is 2. The molecule has 0 aliphatic carbocycles. The zero-order valence-electron chi connectivity index (χ0n) is 15.4. The number of carbonyl (C=O) groups excluding carboxylic acids is 3. The number of hydrogen-bond donors (Lipinski definition) is 1. The third-order valence-corrected chi connectivity index (χ3v) is 5.18. The van der Waals surface area contributed by atoms with E-state index in [9.17, 15) is 18.8 Å². The topological polar surface area (TPSA) is 69.7 Å². The van der Waals surface area contributed by atoms with Gasteiger partial charge in [-0.15, -0.1) is 0 Å². The van der Waals surface area contributed by atoms with Gasteiger partial charge in [-0.2, -0.15) is 0 Å². The van der Waals surface area contributed by atoms with Crippen molar-refractivity contribution in [3.63, 3.8) is 0 Å². The van der Waals surface area contributed by atoms with Gasteiger partial charge in [-0.05, 0) is 50.1 Å². The van der Waals surface area contributed by atoms with E-state index in [1.165, 1.54) is 21.9 Å². The van der Waals surface area contributed by atoms with E-state index in [-0.39, 0.29) is 29.6 Å². The summed E-state index contributed by atoms with van der Waals surface area (Å²) in [7, 11) is 0. The van der Waals surface area contributed by atoms with Crippen LogP contribution in [0.2, 0.25) is 0 Å². The predicted octanol–water partition coefficient (Wildman–Crippen LogP) is 2.72. The van der Waals surface area contributed by atoms with Crippen molar-refractivity contribution in [3.05, 3.63) is 59.4 Å². The van der Waals surface area contributed by atoms with Gasteiger partial charge < -0.3 is 15.1 Å². The Bertz CT molecular complexity index is 958. The quantitative estimate of drug-likeness (QED) is 0.889. The molecule has 1 fully saturated rings. The van der Waals surface area contributed by atoms with Crippen molar-refractivity contribution in [1.29, 1.82) is 0 Å². The van der Waals surface area contributed by atoms with Crippen LogP contribution in [0.15, 0.2) is 42.5 Å². The molecule has 7 heteroatoms. The zero-order valence-corrected chi connectivity index (χ0v) is 15.4. The van der Waals surface area contributed by atoms with Gasteiger partial charge in [0.05, 0.1) is 11.3 Å². The molecule has 2 heterocycles. The van der Waals surface area contributed by atoms with Gasteiger partial charge in [-0.3, -0.25) is 14.4 Å². The molecule has 0 aromatic heterocycles. The van der Waals surface area contributed by atoms with Crippen LogP contribution < -0.4 is 10.2 Å². The third-order valence-electron chi connectivity index (χ3n) is 5.18. The molecule has 0 saturated carbocycles. The average Bonchev–Trinajstić information content (AvgIpc) is 3.14. The molecule has 2 aliphatic heterocycles. The van der Waals surface area contributed by atoms with Gasteiger partial charge in [-0.25, -0.2) is 4.39 Å². The fourth-order valence-corrected chi connectivity index (χ4v) is 3.77. The van der Waals surface area contributed by atoms with E-state index in [1.807, 2.05) is 19.1 Å². The summed E-state index contributed by atoms with van der Waals surface area (Å²) in [6, 6.07) is 10.4. The molecule has 1 atom stereocenters. The van der Waals surface area contributed by atoms with E-state index in [4.69, 9.17) is 0 Å². The maximum Gasteiger partial charge on any atom is 0.256 e. The zero-order chi connectivity index (χ0) is 19.8. The fraction of sp³-hybridized carbons (Fsp3) is 0.286. The Morgan fingerprint density at radius 2 is 1.93 bits per heavy atom. The minimum atomic E-state index is -0.616. The molecule has 2 aromatic carbocycles. The standard InChI is InChI=1S/C21H20FN3O3/c1-13-4-7-15(8-5-13)23-19(26)12-25-18-11-14(22)6-9-16(18)20(27)24-10-2-3-17(24)21(25)28/h4-9,11,17H,2-3,10,12H2,1H3,(H,23,26)/t17-/m0/s1. The lowest BCUT2D eigenvalue weighted by molar-refractivity contribution is -0.124. The van der Waals surface area contributed by atoms with Gasteiger partial charge >= 0.3 is 0 Å². The number of aryl methyl sites for hydroxylation is 1. The highest BCUT2D eigenvalue weighted by atomic mass is 19.1. The Hall–Kier alpha value is -3.22. The highest BCUT2D eigenvalue weighted by molar-refractivity contribution is 6.13. The fourth-order valence-electron chi connectivity index (χ4n) is 3.77. The summed E-state index contributed by atoms with van der Waals surface area (Å²) in [5, 5.41) is 2.75. The molecule has 2 aliphatic rings. The minimum absolute atomic E-state index is 0.142. The molecule has 144 valence electrons. The number of halogens is 1. The normalized spacial score (nSPS) is 18.6. The van der Waals surface area contributed by atoms with Gasteiger partial charge in [0.25, 0.3) is 5.91 Å². The Balaban J connectivity index is 1.66. The van der Waals surface area contributed by atoms with Crippen molar-refractivity contribution in [3.8, 4) is 0 Å². The van der Waals surface area contributed by atoms with Gasteiger partial charge in [0, 0.05) is 12.2 Å². The monoisotopic (exact) mass is 381 g/mol. The highest BCUT2D eigenvalue weighted by Crippen LogP contribution is 2.32. The van der Waals surface area contributed by atoms with Crippen LogP contribution in [0.3, 0.4) is 0 Å². The van der Waals surface area contributed by atoms with Crippen molar-refractivity contribution in [2.45, 2.75) is 25.8 Å². The van der Waals surface area contributed by atoms with Crippen molar-refractivity contribution in [1.82, 2.24) is 4.90 Å². The summed E-state index contributed by atoms with van der Waals surface area (Å²) < 4.78 is 13.9. The molecule has 1 N–H and O–H groups in total. The van der Waals surface area contributed by atoms with Crippen LogP contribution >= 0.6 is 0 Å². The van der Waals surface area contributed by atoms with Crippen LogP contribution in [0.5, 0.6) is 0 Å². The Morgan fingerprint density at radius 3 is 2.68 bits per heavy atom. The van der Waals surface area contributed by atoms with Crippen molar-refractivity contribution in [2.24, 2.45) is 0 Å². The minimum Gasteiger partial charge on any atom is -0.327 e. The smallest absolute Gasteiger partial charge is 0.256 e. The van der Waals surface area contributed by atoms with E-state index in [2.05, 4.69) is 5.32 Å². The summed E-state index contributed by atoms with van der Waals surface area (Å²) in [6.45, 7) is 2.13. The van der Waals surface area contributed by atoms with Crippen molar-refractivity contribution >= 4 is 29.1 Å². The van der Waals surface area contributed by atoms with E-state index in [0.29, 0.717) is 18.7 Å². The molecular formula is C21H20FN3O3. The van der Waals surface area contributed by atoms with Crippen LogP contribution in [0.25, 0.3) is 0 Å². The second kappa shape index (κ2) is 7.07.